The predicted molar refractivity (Wildman–Crippen MR) is 69.2 cm³/mol. The average Bonchev–Trinajstić information content (AvgIpc) is 2.24. The van der Waals surface area contributed by atoms with Gasteiger partial charge in [0.25, 0.3) is 0 Å². The van der Waals surface area contributed by atoms with E-state index >= 15 is 0 Å². The van der Waals surface area contributed by atoms with Crippen molar-refractivity contribution in [3.8, 4) is 5.75 Å². The van der Waals surface area contributed by atoms with Crippen molar-refractivity contribution in [2.24, 2.45) is 0 Å². The number of aryl methyl sites for hydroxylation is 2. The molecular weight excluding hydrogens is 198 g/mol. The SMILES string of the molecule is CCCC(CNC)Oc1cc(C)ccc1C. The Balaban J connectivity index is 2.71. The Bertz CT molecular complexity index is 317. The molecule has 2 nitrogen and oxygen atoms in total. The maximum Gasteiger partial charge on any atom is 0.122 e. The molecule has 0 spiro atoms. The topological polar surface area (TPSA) is 21.3 Å². The van der Waals surface area contributed by atoms with Crippen LogP contribution >= 0.6 is 0 Å². The van der Waals surface area contributed by atoms with Crippen LogP contribution in [0, 0.1) is 13.8 Å². The molecule has 0 aliphatic carbocycles. The summed E-state index contributed by atoms with van der Waals surface area (Å²) in [6.45, 7) is 7.28. The lowest BCUT2D eigenvalue weighted by atomic mass is 10.1. The fourth-order valence-electron chi connectivity index (χ4n) is 1.77. The maximum atomic E-state index is 6.04. The van der Waals surface area contributed by atoms with Crippen LogP contribution < -0.4 is 10.1 Å². The van der Waals surface area contributed by atoms with Crippen LogP contribution in [-0.4, -0.2) is 19.7 Å². The second-order valence-electron chi connectivity index (χ2n) is 4.36. The van der Waals surface area contributed by atoms with Gasteiger partial charge in [-0.25, -0.2) is 0 Å². The minimum atomic E-state index is 0.274. The number of nitrogens with one attached hydrogen (secondary N) is 1. The molecule has 1 atom stereocenters. The molecule has 0 saturated heterocycles. The summed E-state index contributed by atoms with van der Waals surface area (Å²) in [5.74, 6) is 1.02. The lowest BCUT2D eigenvalue weighted by Crippen LogP contribution is -2.29. The van der Waals surface area contributed by atoms with Gasteiger partial charge in [-0.15, -0.1) is 0 Å². The Morgan fingerprint density at radius 2 is 2.06 bits per heavy atom. The maximum absolute atomic E-state index is 6.04. The van der Waals surface area contributed by atoms with Crippen LogP contribution in [0.3, 0.4) is 0 Å². The van der Waals surface area contributed by atoms with Gasteiger partial charge in [0.15, 0.2) is 0 Å². The minimum absolute atomic E-state index is 0.274. The highest BCUT2D eigenvalue weighted by Gasteiger charge is 2.10. The minimum Gasteiger partial charge on any atom is -0.489 e. The van der Waals surface area contributed by atoms with Gasteiger partial charge in [0.2, 0.25) is 0 Å². The predicted octanol–water partition coefficient (Wildman–Crippen LogP) is 3.07. The normalized spacial score (nSPS) is 12.5. The standard InChI is InChI=1S/C14H23NO/c1-5-6-13(10-15-4)16-14-9-11(2)7-8-12(14)3/h7-9,13,15H,5-6,10H2,1-4H3. The van der Waals surface area contributed by atoms with E-state index in [4.69, 9.17) is 4.74 Å². The van der Waals surface area contributed by atoms with E-state index in [1.54, 1.807) is 0 Å². The first kappa shape index (κ1) is 13.0. The van der Waals surface area contributed by atoms with Crippen molar-refractivity contribution >= 4 is 0 Å². The van der Waals surface area contributed by atoms with Gasteiger partial charge < -0.3 is 10.1 Å². The molecule has 0 radical (unpaired) electrons. The van der Waals surface area contributed by atoms with Gasteiger partial charge in [-0.05, 0) is 44.5 Å². The zero-order valence-electron chi connectivity index (χ0n) is 10.8. The molecule has 90 valence electrons. The molecule has 0 heterocycles. The number of benzene rings is 1. The zero-order chi connectivity index (χ0) is 12.0. The van der Waals surface area contributed by atoms with E-state index in [-0.39, 0.29) is 6.10 Å². The number of hydrogen-bond acceptors (Lipinski definition) is 2. The third-order valence-electron chi connectivity index (χ3n) is 2.68. The molecule has 0 aromatic heterocycles. The molecule has 16 heavy (non-hydrogen) atoms. The van der Waals surface area contributed by atoms with E-state index in [1.165, 1.54) is 11.1 Å². The van der Waals surface area contributed by atoms with Gasteiger partial charge >= 0.3 is 0 Å². The van der Waals surface area contributed by atoms with E-state index in [1.807, 2.05) is 7.05 Å². The van der Waals surface area contributed by atoms with E-state index < -0.39 is 0 Å². The first-order valence-corrected chi connectivity index (χ1v) is 6.06. The summed E-state index contributed by atoms with van der Waals surface area (Å²) in [5, 5.41) is 3.18. The summed E-state index contributed by atoms with van der Waals surface area (Å²) in [6, 6.07) is 6.36. The first-order valence-electron chi connectivity index (χ1n) is 6.06. The molecule has 1 aromatic carbocycles. The van der Waals surface area contributed by atoms with Crippen molar-refractivity contribution in [2.45, 2.75) is 39.7 Å². The summed E-state index contributed by atoms with van der Waals surface area (Å²) < 4.78 is 6.04. The average molecular weight is 221 g/mol. The van der Waals surface area contributed by atoms with Crippen LogP contribution in [0.5, 0.6) is 5.75 Å². The zero-order valence-corrected chi connectivity index (χ0v) is 10.8. The van der Waals surface area contributed by atoms with Crippen LogP contribution in [0.4, 0.5) is 0 Å². The Morgan fingerprint density at radius 1 is 1.31 bits per heavy atom. The first-order chi connectivity index (χ1) is 7.67. The highest BCUT2D eigenvalue weighted by molar-refractivity contribution is 5.36. The molecule has 0 bridgehead atoms. The van der Waals surface area contributed by atoms with Crippen molar-refractivity contribution in [1.29, 1.82) is 0 Å². The molecule has 1 N–H and O–H groups in total. The molecule has 1 unspecified atom stereocenters. The third-order valence-corrected chi connectivity index (χ3v) is 2.68. The molecular formula is C14H23NO. The fraction of sp³-hybridized carbons (Fsp3) is 0.571. The molecule has 0 aliphatic heterocycles. The number of rotatable bonds is 6. The van der Waals surface area contributed by atoms with E-state index in [0.717, 1.165) is 25.1 Å². The van der Waals surface area contributed by atoms with Gasteiger partial charge in [-0.2, -0.15) is 0 Å². The summed E-state index contributed by atoms with van der Waals surface area (Å²) in [5.41, 5.74) is 2.46. The smallest absolute Gasteiger partial charge is 0.122 e. The van der Waals surface area contributed by atoms with Crippen LogP contribution in [-0.2, 0) is 0 Å². The van der Waals surface area contributed by atoms with Crippen molar-refractivity contribution in [2.75, 3.05) is 13.6 Å². The fourth-order valence-corrected chi connectivity index (χ4v) is 1.77. The third kappa shape index (κ3) is 3.86. The number of ether oxygens (including phenoxy) is 1. The van der Waals surface area contributed by atoms with Crippen LogP contribution in [0.2, 0.25) is 0 Å². The highest BCUT2D eigenvalue weighted by Crippen LogP contribution is 2.21. The Hall–Kier alpha value is -1.02. The lowest BCUT2D eigenvalue weighted by molar-refractivity contribution is 0.188. The monoisotopic (exact) mass is 221 g/mol. The van der Waals surface area contributed by atoms with Crippen molar-refractivity contribution in [1.82, 2.24) is 5.32 Å². The molecule has 2 heteroatoms. The van der Waals surface area contributed by atoms with Crippen LogP contribution in [0.25, 0.3) is 0 Å². The summed E-state index contributed by atoms with van der Waals surface area (Å²) in [7, 11) is 1.97. The second-order valence-corrected chi connectivity index (χ2v) is 4.36. The molecule has 0 fully saturated rings. The quantitative estimate of drug-likeness (QED) is 0.797. The molecule has 1 aromatic rings. The summed E-state index contributed by atoms with van der Waals surface area (Å²) >= 11 is 0. The molecule has 0 amide bonds. The van der Waals surface area contributed by atoms with E-state index in [2.05, 4.69) is 44.3 Å². The van der Waals surface area contributed by atoms with Gasteiger partial charge in [-0.3, -0.25) is 0 Å². The van der Waals surface area contributed by atoms with Crippen molar-refractivity contribution < 1.29 is 4.74 Å². The Kier molecular flexibility index (Phi) is 5.33. The highest BCUT2D eigenvalue weighted by atomic mass is 16.5. The van der Waals surface area contributed by atoms with Gasteiger partial charge in [0.1, 0.15) is 11.9 Å². The largest absolute Gasteiger partial charge is 0.489 e. The van der Waals surface area contributed by atoms with Crippen LogP contribution in [0.1, 0.15) is 30.9 Å². The number of hydrogen-bond donors (Lipinski definition) is 1. The molecule has 0 saturated carbocycles. The van der Waals surface area contributed by atoms with Gasteiger partial charge in [0, 0.05) is 6.54 Å². The van der Waals surface area contributed by atoms with E-state index in [9.17, 15) is 0 Å². The van der Waals surface area contributed by atoms with Gasteiger partial charge in [0.05, 0.1) is 0 Å². The summed E-state index contributed by atoms with van der Waals surface area (Å²) in [4.78, 5) is 0. The van der Waals surface area contributed by atoms with Crippen molar-refractivity contribution in [3.05, 3.63) is 29.3 Å². The van der Waals surface area contributed by atoms with Crippen molar-refractivity contribution in [3.63, 3.8) is 0 Å². The number of likely N-dealkylation sites (N-methyl/N-ethyl adjacent to an activating group) is 1. The van der Waals surface area contributed by atoms with Gasteiger partial charge in [-0.1, -0.05) is 25.5 Å². The second kappa shape index (κ2) is 6.54. The summed E-state index contributed by atoms with van der Waals surface area (Å²) in [6.07, 6.45) is 2.52. The lowest BCUT2D eigenvalue weighted by Gasteiger charge is -2.20. The Labute approximate surface area is 99.0 Å². The molecule has 0 aliphatic rings. The Morgan fingerprint density at radius 3 is 2.69 bits per heavy atom. The van der Waals surface area contributed by atoms with E-state index in [0.29, 0.717) is 0 Å². The van der Waals surface area contributed by atoms with Crippen LogP contribution in [0.15, 0.2) is 18.2 Å². The molecule has 1 rings (SSSR count).